The van der Waals surface area contributed by atoms with Crippen molar-refractivity contribution < 1.29 is 4.79 Å². The minimum absolute atomic E-state index is 0.181. The average Bonchev–Trinajstić information content (AvgIpc) is 2.99. The summed E-state index contributed by atoms with van der Waals surface area (Å²) in [6.07, 6.45) is 1.42. The summed E-state index contributed by atoms with van der Waals surface area (Å²) in [7, 11) is 0. The van der Waals surface area contributed by atoms with Gasteiger partial charge in [0, 0.05) is 51.3 Å². The van der Waals surface area contributed by atoms with Crippen LogP contribution in [0.3, 0.4) is 0 Å². The summed E-state index contributed by atoms with van der Waals surface area (Å²) in [5.74, 6) is 0.965. The topological polar surface area (TPSA) is 57.2 Å². The lowest BCUT2D eigenvalue weighted by molar-refractivity contribution is -0.131. The van der Waals surface area contributed by atoms with Crippen molar-refractivity contribution in [1.82, 2.24) is 24.6 Å². The quantitative estimate of drug-likeness (QED) is 0.569. The van der Waals surface area contributed by atoms with Crippen molar-refractivity contribution in [1.29, 1.82) is 0 Å². The molecule has 4 rings (SSSR count). The second-order valence-electron chi connectivity index (χ2n) is 8.62. The van der Waals surface area contributed by atoms with E-state index in [1.807, 2.05) is 21.6 Å². The van der Waals surface area contributed by atoms with Crippen molar-refractivity contribution in [2.75, 3.05) is 26.2 Å². The lowest BCUT2D eigenvalue weighted by atomic mass is 10.1. The maximum absolute atomic E-state index is 13.0. The second-order valence-corrected chi connectivity index (χ2v) is 9.01. The third-order valence-corrected chi connectivity index (χ3v) is 6.36. The largest absolute Gasteiger partial charge is 0.341 e. The summed E-state index contributed by atoms with van der Waals surface area (Å²) in [5, 5.41) is 7.29. The highest BCUT2D eigenvalue weighted by Gasteiger charge is 2.20. The number of aryl methyl sites for hydroxylation is 2. The Balaban J connectivity index is 1.34. The first-order valence-electron chi connectivity index (χ1n) is 11.3. The second kappa shape index (κ2) is 10.2. The summed E-state index contributed by atoms with van der Waals surface area (Å²) in [5.41, 5.74) is 4.78. The fraction of sp³-hybridized carbons (Fsp3) is 0.400. The molecule has 2 aromatic carbocycles. The van der Waals surface area contributed by atoms with Crippen molar-refractivity contribution >= 4 is 18.1 Å². The number of H-pyrrole nitrogens is 1. The van der Waals surface area contributed by atoms with Gasteiger partial charge in [-0.3, -0.25) is 19.4 Å². The molecule has 0 aliphatic carbocycles. The van der Waals surface area contributed by atoms with Crippen LogP contribution < -0.4 is 0 Å². The average molecular weight is 450 g/mol. The molecule has 3 aromatic rings. The molecular weight excluding hydrogens is 418 g/mol. The van der Waals surface area contributed by atoms with Crippen molar-refractivity contribution in [2.24, 2.45) is 0 Å². The number of nitrogens with one attached hydrogen (secondary N) is 1. The van der Waals surface area contributed by atoms with Gasteiger partial charge in [0.05, 0.1) is 0 Å². The Morgan fingerprint density at radius 2 is 1.84 bits per heavy atom. The summed E-state index contributed by atoms with van der Waals surface area (Å²) < 4.78 is 2.48. The van der Waals surface area contributed by atoms with E-state index in [1.165, 1.54) is 16.7 Å². The van der Waals surface area contributed by atoms with Crippen molar-refractivity contribution in [3.8, 4) is 11.4 Å². The van der Waals surface area contributed by atoms with Crippen LogP contribution in [-0.4, -0.2) is 56.7 Å². The van der Waals surface area contributed by atoms with Gasteiger partial charge in [-0.25, -0.2) is 0 Å². The lowest BCUT2D eigenvalue weighted by Crippen LogP contribution is -2.35. The predicted octanol–water partition coefficient (Wildman–Crippen LogP) is 4.35. The van der Waals surface area contributed by atoms with Crippen LogP contribution in [0, 0.1) is 18.6 Å². The molecule has 2 heterocycles. The number of benzene rings is 2. The van der Waals surface area contributed by atoms with Gasteiger partial charge < -0.3 is 4.90 Å². The van der Waals surface area contributed by atoms with Gasteiger partial charge in [-0.05, 0) is 44.1 Å². The fourth-order valence-electron chi connectivity index (χ4n) is 4.23. The van der Waals surface area contributed by atoms with Gasteiger partial charge in [-0.2, -0.15) is 5.10 Å². The number of aromatic amines is 1. The van der Waals surface area contributed by atoms with Crippen LogP contribution in [-0.2, 0) is 17.9 Å². The van der Waals surface area contributed by atoms with E-state index >= 15 is 0 Å². The van der Waals surface area contributed by atoms with Gasteiger partial charge in [-0.1, -0.05) is 53.6 Å². The zero-order valence-corrected chi connectivity index (χ0v) is 19.7. The predicted molar refractivity (Wildman–Crippen MR) is 130 cm³/mol. The van der Waals surface area contributed by atoms with Gasteiger partial charge in [0.2, 0.25) is 5.91 Å². The number of hydrogen-bond donors (Lipinski definition) is 1. The van der Waals surface area contributed by atoms with E-state index in [1.54, 1.807) is 0 Å². The number of nitrogens with zero attached hydrogens (tertiary/aromatic N) is 4. The highest BCUT2D eigenvalue weighted by molar-refractivity contribution is 7.71. The van der Waals surface area contributed by atoms with E-state index in [9.17, 15) is 4.79 Å². The highest BCUT2D eigenvalue weighted by atomic mass is 32.1. The molecule has 0 radical (unpaired) electrons. The molecule has 1 fully saturated rings. The standard InChI is InChI=1S/C25H31N5OS/c1-19-7-9-21(10-8-19)18-28-12-4-13-29(16-15-28)23(31)11-14-30-24(26-27-25(30)32)22-6-3-5-20(2)17-22/h3,5-10,17H,4,11-16,18H2,1-2H3,(H,27,32). The van der Waals surface area contributed by atoms with Crippen LogP contribution in [0.15, 0.2) is 48.5 Å². The van der Waals surface area contributed by atoms with Crippen molar-refractivity contribution in [3.05, 3.63) is 70.0 Å². The molecule has 1 saturated heterocycles. The molecule has 6 nitrogen and oxygen atoms in total. The SMILES string of the molecule is Cc1ccc(CN2CCCN(C(=O)CCn3c(-c4cccc(C)c4)n[nH]c3=S)CC2)cc1. The molecule has 1 aliphatic heterocycles. The summed E-state index contributed by atoms with van der Waals surface area (Å²) in [6.45, 7) is 9.13. The molecule has 168 valence electrons. The zero-order valence-electron chi connectivity index (χ0n) is 18.9. The molecule has 0 spiro atoms. The van der Waals surface area contributed by atoms with Gasteiger partial charge in [-0.15, -0.1) is 0 Å². The van der Waals surface area contributed by atoms with Crippen LogP contribution in [0.2, 0.25) is 0 Å². The van der Waals surface area contributed by atoms with E-state index in [2.05, 4.69) is 65.3 Å². The third-order valence-electron chi connectivity index (χ3n) is 6.05. The number of hydrogen-bond acceptors (Lipinski definition) is 4. The van der Waals surface area contributed by atoms with Crippen LogP contribution >= 0.6 is 12.2 Å². The number of rotatable bonds is 6. The van der Waals surface area contributed by atoms with Crippen LogP contribution in [0.4, 0.5) is 0 Å². The fourth-order valence-corrected chi connectivity index (χ4v) is 4.45. The first-order valence-corrected chi connectivity index (χ1v) is 11.7. The summed E-state index contributed by atoms with van der Waals surface area (Å²) in [6, 6.07) is 16.9. The lowest BCUT2D eigenvalue weighted by Gasteiger charge is -2.22. The molecule has 0 saturated carbocycles. The first-order chi connectivity index (χ1) is 15.5. The molecule has 32 heavy (non-hydrogen) atoms. The Kier molecular flexibility index (Phi) is 7.17. The van der Waals surface area contributed by atoms with Crippen molar-refractivity contribution in [3.63, 3.8) is 0 Å². The molecule has 0 bridgehead atoms. The number of carbonyl (C=O) groups excluding carboxylic acids is 1. The minimum atomic E-state index is 0.181. The highest BCUT2D eigenvalue weighted by Crippen LogP contribution is 2.19. The smallest absolute Gasteiger partial charge is 0.224 e. The number of aromatic nitrogens is 3. The molecular formula is C25H31N5OS. The molecule has 1 N–H and O–H groups in total. The molecule has 1 amide bonds. The number of carbonyl (C=O) groups is 1. The minimum Gasteiger partial charge on any atom is -0.341 e. The van der Waals surface area contributed by atoms with E-state index in [0.717, 1.165) is 50.5 Å². The Morgan fingerprint density at radius 3 is 2.62 bits per heavy atom. The Bertz CT molecular complexity index is 1120. The van der Waals surface area contributed by atoms with Gasteiger partial charge in [0.15, 0.2) is 10.6 Å². The van der Waals surface area contributed by atoms with E-state index in [4.69, 9.17) is 12.2 Å². The van der Waals surface area contributed by atoms with Crippen LogP contribution in [0.5, 0.6) is 0 Å². The van der Waals surface area contributed by atoms with Crippen LogP contribution in [0.25, 0.3) is 11.4 Å². The van der Waals surface area contributed by atoms with E-state index < -0.39 is 0 Å². The molecule has 7 heteroatoms. The van der Waals surface area contributed by atoms with E-state index in [0.29, 0.717) is 17.7 Å². The van der Waals surface area contributed by atoms with Gasteiger partial charge in [0.1, 0.15) is 0 Å². The summed E-state index contributed by atoms with van der Waals surface area (Å²) >= 11 is 5.43. The summed E-state index contributed by atoms with van der Waals surface area (Å²) in [4.78, 5) is 17.4. The zero-order chi connectivity index (χ0) is 22.5. The van der Waals surface area contributed by atoms with Gasteiger partial charge >= 0.3 is 0 Å². The third kappa shape index (κ3) is 5.53. The Morgan fingerprint density at radius 1 is 1.03 bits per heavy atom. The maximum atomic E-state index is 13.0. The van der Waals surface area contributed by atoms with Gasteiger partial charge in [0.25, 0.3) is 0 Å². The maximum Gasteiger partial charge on any atom is 0.224 e. The number of amides is 1. The molecule has 1 aromatic heterocycles. The Labute approximate surface area is 194 Å². The normalized spacial score (nSPS) is 15.0. The first kappa shape index (κ1) is 22.4. The Hall–Kier alpha value is -2.77. The van der Waals surface area contributed by atoms with Crippen molar-refractivity contribution in [2.45, 2.75) is 39.8 Å². The monoisotopic (exact) mass is 449 g/mol. The van der Waals surface area contributed by atoms with Crippen LogP contribution in [0.1, 0.15) is 29.5 Å². The molecule has 1 aliphatic rings. The molecule has 0 unspecified atom stereocenters. The molecule has 0 atom stereocenters. The van der Waals surface area contributed by atoms with E-state index in [-0.39, 0.29) is 5.91 Å².